The summed E-state index contributed by atoms with van der Waals surface area (Å²) in [6.07, 6.45) is 0.341. The van der Waals surface area contributed by atoms with E-state index in [9.17, 15) is 8.42 Å². The summed E-state index contributed by atoms with van der Waals surface area (Å²) >= 11 is 8.14. The molecule has 0 radical (unpaired) electrons. The minimum atomic E-state index is -3.61. The van der Waals surface area contributed by atoms with Gasteiger partial charge in [-0.3, -0.25) is 4.72 Å². The summed E-state index contributed by atoms with van der Waals surface area (Å²) in [6.45, 7) is 3.61. The molecule has 0 saturated carbocycles. The molecule has 1 atom stereocenters. The second-order valence-corrected chi connectivity index (χ2v) is 7.01. The van der Waals surface area contributed by atoms with E-state index in [0.29, 0.717) is 16.6 Å². The first-order valence-electron chi connectivity index (χ1n) is 5.35. The molecule has 0 fully saturated rings. The molecule has 3 N–H and O–H groups in total. The average molecular weight is 351 g/mol. The molecule has 1 rings (SSSR count). The molecule has 0 heterocycles. The zero-order chi connectivity index (χ0) is 13.9. The van der Waals surface area contributed by atoms with E-state index in [1.807, 2.05) is 13.0 Å². The van der Waals surface area contributed by atoms with E-state index in [1.165, 1.54) is 0 Å². The van der Waals surface area contributed by atoms with Crippen molar-refractivity contribution in [1.29, 1.82) is 0 Å². The highest BCUT2D eigenvalue weighted by molar-refractivity contribution is 9.10. The first-order valence-corrected chi connectivity index (χ1v) is 8.10. The number of thiocarbonyl (C=S) groups is 1. The van der Waals surface area contributed by atoms with Gasteiger partial charge < -0.3 is 5.73 Å². The molecule has 0 spiro atoms. The Hall–Kier alpha value is -0.660. The van der Waals surface area contributed by atoms with Crippen molar-refractivity contribution < 1.29 is 8.42 Å². The third kappa shape index (κ3) is 3.43. The first kappa shape index (κ1) is 15.4. The van der Waals surface area contributed by atoms with Gasteiger partial charge in [0.1, 0.15) is 5.25 Å². The summed E-state index contributed by atoms with van der Waals surface area (Å²) in [4.78, 5) is -0.0197. The van der Waals surface area contributed by atoms with Crippen LogP contribution in [0.4, 0.5) is 5.69 Å². The predicted molar refractivity (Wildman–Crippen MR) is 82.3 cm³/mol. The molecule has 7 heteroatoms. The number of sulfonamides is 1. The van der Waals surface area contributed by atoms with Crippen molar-refractivity contribution in [2.24, 2.45) is 5.73 Å². The molecule has 0 saturated heterocycles. The molecular weight excluding hydrogens is 336 g/mol. The number of hydrogen-bond acceptors (Lipinski definition) is 3. The lowest BCUT2D eigenvalue weighted by molar-refractivity contribution is 0.594. The fraction of sp³-hybridized carbons (Fsp3) is 0.364. The fourth-order valence-corrected chi connectivity index (χ4v) is 3.93. The Morgan fingerprint density at radius 1 is 1.56 bits per heavy atom. The predicted octanol–water partition coefficient (Wildman–Crippen LogP) is 2.56. The topological polar surface area (TPSA) is 72.2 Å². The minimum Gasteiger partial charge on any atom is -0.392 e. The Balaban J connectivity index is 3.10. The highest BCUT2D eigenvalue weighted by atomic mass is 79.9. The van der Waals surface area contributed by atoms with Crippen LogP contribution in [0.5, 0.6) is 0 Å². The van der Waals surface area contributed by atoms with E-state index in [0.717, 1.165) is 5.56 Å². The van der Waals surface area contributed by atoms with E-state index in [4.69, 9.17) is 18.0 Å². The highest BCUT2D eigenvalue weighted by Crippen LogP contribution is 2.27. The molecule has 18 heavy (non-hydrogen) atoms. The molecule has 0 aliphatic rings. The summed E-state index contributed by atoms with van der Waals surface area (Å²) in [7, 11) is -3.61. The monoisotopic (exact) mass is 350 g/mol. The maximum Gasteiger partial charge on any atom is 0.242 e. The molecular formula is C11H15BrN2O2S2. The Morgan fingerprint density at radius 2 is 2.17 bits per heavy atom. The lowest BCUT2D eigenvalue weighted by Gasteiger charge is -2.17. The van der Waals surface area contributed by atoms with E-state index < -0.39 is 15.3 Å². The Bertz CT molecular complexity index is 558. The number of nitrogens with two attached hydrogens (primary N) is 1. The average Bonchev–Trinajstić information content (AvgIpc) is 2.24. The first-order chi connectivity index (χ1) is 8.29. The molecule has 1 unspecified atom stereocenters. The van der Waals surface area contributed by atoms with Gasteiger partial charge in [0.05, 0.1) is 10.7 Å². The van der Waals surface area contributed by atoms with Gasteiger partial charge in [-0.15, -0.1) is 0 Å². The number of rotatable bonds is 5. The van der Waals surface area contributed by atoms with Crippen LogP contribution in [0, 0.1) is 6.92 Å². The normalized spacial score (nSPS) is 13.1. The van der Waals surface area contributed by atoms with Crippen LogP contribution >= 0.6 is 28.1 Å². The molecule has 1 aromatic rings. The van der Waals surface area contributed by atoms with Crippen molar-refractivity contribution in [3.05, 3.63) is 28.2 Å². The summed E-state index contributed by atoms with van der Waals surface area (Å²) in [5, 5.41) is -0.861. The molecule has 0 aliphatic heterocycles. The van der Waals surface area contributed by atoms with E-state index in [1.54, 1.807) is 19.1 Å². The van der Waals surface area contributed by atoms with Gasteiger partial charge in [-0.25, -0.2) is 8.42 Å². The van der Waals surface area contributed by atoms with Gasteiger partial charge in [-0.05, 0) is 40.9 Å². The van der Waals surface area contributed by atoms with Gasteiger partial charge in [0.2, 0.25) is 10.0 Å². The lowest BCUT2D eigenvalue weighted by atomic mass is 10.2. The van der Waals surface area contributed by atoms with Crippen LogP contribution in [0.2, 0.25) is 0 Å². The van der Waals surface area contributed by atoms with Gasteiger partial charge >= 0.3 is 0 Å². The second kappa shape index (κ2) is 5.99. The zero-order valence-corrected chi connectivity index (χ0v) is 13.3. The van der Waals surface area contributed by atoms with Gasteiger partial charge in [0.25, 0.3) is 0 Å². The zero-order valence-electron chi connectivity index (χ0n) is 10.1. The Morgan fingerprint density at radius 3 is 2.67 bits per heavy atom. The number of benzene rings is 1. The minimum absolute atomic E-state index is 0.0197. The van der Waals surface area contributed by atoms with Gasteiger partial charge in [0.15, 0.2) is 0 Å². The van der Waals surface area contributed by atoms with Crippen molar-refractivity contribution in [3.8, 4) is 0 Å². The molecule has 4 nitrogen and oxygen atoms in total. The van der Waals surface area contributed by atoms with Crippen molar-refractivity contribution >= 4 is 48.8 Å². The Kier molecular flexibility index (Phi) is 5.12. The molecule has 100 valence electrons. The third-order valence-electron chi connectivity index (χ3n) is 2.51. The van der Waals surface area contributed by atoms with E-state index in [-0.39, 0.29) is 4.99 Å². The SMILES string of the molecule is CCC(C(N)=S)S(=O)(=O)Nc1cccc(C)c1Br. The van der Waals surface area contributed by atoms with E-state index in [2.05, 4.69) is 20.7 Å². The Labute approximate surface area is 121 Å². The van der Waals surface area contributed by atoms with Crippen LogP contribution in [0.1, 0.15) is 18.9 Å². The van der Waals surface area contributed by atoms with Crippen LogP contribution in [-0.4, -0.2) is 18.7 Å². The van der Waals surface area contributed by atoms with Crippen LogP contribution in [0.3, 0.4) is 0 Å². The quantitative estimate of drug-likeness (QED) is 0.800. The van der Waals surface area contributed by atoms with Gasteiger partial charge in [0, 0.05) is 4.47 Å². The van der Waals surface area contributed by atoms with Crippen LogP contribution in [-0.2, 0) is 10.0 Å². The number of aryl methyl sites for hydroxylation is 1. The van der Waals surface area contributed by atoms with Crippen molar-refractivity contribution in [1.82, 2.24) is 0 Å². The van der Waals surface area contributed by atoms with Crippen LogP contribution < -0.4 is 10.5 Å². The highest BCUT2D eigenvalue weighted by Gasteiger charge is 2.27. The number of halogens is 1. The molecule has 0 aliphatic carbocycles. The summed E-state index contributed by atoms with van der Waals surface area (Å²) in [5.41, 5.74) is 6.89. The maximum atomic E-state index is 12.1. The van der Waals surface area contributed by atoms with Gasteiger partial charge in [-0.2, -0.15) is 0 Å². The van der Waals surface area contributed by atoms with Gasteiger partial charge in [-0.1, -0.05) is 31.3 Å². The number of nitrogens with one attached hydrogen (secondary N) is 1. The van der Waals surface area contributed by atoms with Crippen molar-refractivity contribution in [3.63, 3.8) is 0 Å². The van der Waals surface area contributed by atoms with Crippen molar-refractivity contribution in [2.45, 2.75) is 25.5 Å². The van der Waals surface area contributed by atoms with Crippen molar-refractivity contribution in [2.75, 3.05) is 4.72 Å². The molecule has 0 amide bonds. The standard InChI is InChI=1S/C11H15BrN2O2S2/c1-3-9(11(13)17)18(15,16)14-8-6-4-5-7(2)10(8)12/h4-6,9,14H,3H2,1-2H3,(H2,13,17). The largest absolute Gasteiger partial charge is 0.392 e. The number of anilines is 1. The third-order valence-corrected chi connectivity index (χ3v) is 5.83. The second-order valence-electron chi connectivity index (χ2n) is 3.88. The summed E-state index contributed by atoms with van der Waals surface area (Å²) in [6, 6.07) is 5.34. The van der Waals surface area contributed by atoms with E-state index >= 15 is 0 Å². The number of hydrogen-bond donors (Lipinski definition) is 2. The lowest BCUT2D eigenvalue weighted by Crippen LogP contribution is -2.37. The fourth-order valence-electron chi connectivity index (χ4n) is 1.52. The maximum absolute atomic E-state index is 12.1. The molecule has 1 aromatic carbocycles. The summed E-state index contributed by atoms with van der Waals surface area (Å²) in [5.74, 6) is 0. The molecule has 0 bridgehead atoms. The summed E-state index contributed by atoms with van der Waals surface area (Å²) < 4.78 is 27.5. The molecule has 0 aromatic heterocycles. The smallest absolute Gasteiger partial charge is 0.242 e. The van der Waals surface area contributed by atoms with Crippen LogP contribution in [0.25, 0.3) is 0 Å². The van der Waals surface area contributed by atoms with Crippen LogP contribution in [0.15, 0.2) is 22.7 Å².